The average molecular weight is 477 g/mol. The third-order valence-electron chi connectivity index (χ3n) is 5.33. The summed E-state index contributed by atoms with van der Waals surface area (Å²) in [6, 6.07) is 13.9. The molecule has 0 aliphatic carbocycles. The summed E-state index contributed by atoms with van der Waals surface area (Å²) in [4.78, 5) is 25.0. The molecule has 1 saturated heterocycles. The molecule has 0 atom stereocenters. The number of benzene rings is 2. The van der Waals surface area contributed by atoms with Gasteiger partial charge in [-0.3, -0.25) is 9.48 Å². The number of aromatic nitrogens is 4. The monoisotopic (exact) mass is 476 g/mol. The predicted molar refractivity (Wildman–Crippen MR) is 130 cm³/mol. The zero-order chi connectivity index (χ0) is 23.5. The predicted octanol–water partition coefficient (Wildman–Crippen LogP) is 3.76. The first-order valence-electron chi connectivity index (χ1n) is 10.6. The summed E-state index contributed by atoms with van der Waals surface area (Å²) in [5, 5.41) is 20.5. The molecule has 4 N–H and O–H groups in total. The van der Waals surface area contributed by atoms with Crippen LogP contribution in [0.2, 0.25) is 5.02 Å². The standard InChI is InChI=1S/C23H21ClN8O2/c24-20-6-1-2-7-21(20)30-23(34)29-17-10-26-31(14-17)18-5-3-4-15(8-18)22(33)28-16-9-27-32(13-16)19-11-25-12-19/h1-10,13-14,19,25H,11-12H2,(H,28,33)(H2,29,30,34). The number of amides is 3. The lowest BCUT2D eigenvalue weighted by Crippen LogP contribution is -2.43. The minimum Gasteiger partial charge on any atom is -0.319 e. The van der Waals surface area contributed by atoms with Gasteiger partial charge in [-0.25, -0.2) is 9.48 Å². The number of anilines is 3. The van der Waals surface area contributed by atoms with Crippen molar-refractivity contribution >= 4 is 40.6 Å². The molecule has 2 aromatic heterocycles. The molecule has 2 aromatic carbocycles. The van der Waals surface area contributed by atoms with Crippen LogP contribution >= 0.6 is 11.6 Å². The fourth-order valence-electron chi connectivity index (χ4n) is 3.43. The first-order chi connectivity index (χ1) is 16.5. The number of nitrogens with one attached hydrogen (secondary N) is 4. The Hall–Kier alpha value is -4.15. The molecule has 4 aromatic rings. The summed E-state index contributed by atoms with van der Waals surface area (Å²) in [7, 11) is 0. The summed E-state index contributed by atoms with van der Waals surface area (Å²) < 4.78 is 3.42. The summed E-state index contributed by atoms with van der Waals surface area (Å²) in [6.07, 6.45) is 6.63. The third-order valence-corrected chi connectivity index (χ3v) is 5.66. The van der Waals surface area contributed by atoms with Gasteiger partial charge in [0.05, 0.1) is 52.4 Å². The van der Waals surface area contributed by atoms with Crippen molar-refractivity contribution in [3.63, 3.8) is 0 Å². The number of carbonyl (C=O) groups excluding carboxylic acids is 2. The van der Waals surface area contributed by atoms with Crippen LogP contribution in [0.25, 0.3) is 5.69 Å². The first-order valence-corrected chi connectivity index (χ1v) is 11.0. The van der Waals surface area contributed by atoms with E-state index in [0.29, 0.717) is 39.4 Å². The van der Waals surface area contributed by atoms with Gasteiger partial charge in [0.1, 0.15) is 0 Å². The number of para-hydroxylation sites is 1. The van der Waals surface area contributed by atoms with E-state index in [2.05, 4.69) is 31.5 Å². The number of hydrogen-bond acceptors (Lipinski definition) is 5. The Morgan fingerprint density at radius 2 is 1.74 bits per heavy atom. The Morgan fingerprint density at radius 1 is 0.941 bits per heavy atom. The van der Waals surface area contributed by atoms with Crippen LogP contribution < -0.4 is 21.3 Å². The first kappa shape index (κ1) is 21.7. The van der Waals surface area contributed by atoms with E-state index in [1.54, 1.807) is 59.5 Å². The van der Waals surface area contributed by atoms with E-state index < -0.39 is 6.03 Å². The number of nitrogens with zero attached hydrogens (tertiary/aromatic N) is 4. The molecule has 0 unspecified atom stereocenters. The van der Waals surface area contributed by atoms with Crippen LogP contribution in [-0.2, 0) is 0 Å². The van der Waals surface area contributed by atoms with Gasteiger partial charge in [-0.2, -0.15) is 10.2 Å². The lowest BCUT2D eigenvalue weighted by atomic mass is 10.2. The lowest BCUT2D eigenvalue weighted by Gasteiger charge is -2.27. The molecule has 1 aliphatic heterocycles. The number of hydrogen-bond donors (Lipinski definition) is 4. The zero-order valence-corrected chi connectivity index (χ0v) is 18.7. The van der Waals surface area contributed by atoms with Crippen LogP contribution in [-0.4, -0.2) is 44.6 Å². The smallest absolute Gasteiger partial charge is 0.319 e. The highest BCUT2D eigenvalue weighted by molar-refractivity contribution is 6.33. The van der Waals surface area contributed by atoms with E-state index >= 15 is 0 Å². The summed E-state index contributed by atoms with van der Waals surface area (Å²) in [5.74, 6) is -0.252. The molecule has 11 heteroatoms. The molecule has 1 aliphatic rings. The highest BCUT2D eigenvalue weighted by Crippen LogP contribution is 2.21. The van der Waals surface area contributed by atoms with Crippen molar-refractivity contribution in [2.24, 2.45) is 0 Å². The van der Waals surface area contributed by atoms with Crippen LogP contribution in [0.4, 0.5) is 21.9 Å². The maximum absolute atomic E-state index is 12.7. The van der Waals surface area contributed by atoms with Crippen molar-refractivity contribution in [3.8, 4) is 5.69 Å². The molecule has 34 heavy (non-hydrogen) atoms. The summed E-state index contributed by atoms with van der Waals surface area (Å²) in [5.41, 5.74) is 2.76. The molecule has 3 amide bonds. The highest BCUT2D eigenvalue weighted by atomic mass is 35.5. The van der Waals surface area contributed by atoms with Crippen LogP contribution in [0.15, 0.2) is 73.3 Å². The second-order valence-corrected chi connectivity index (χ2v) is 8.17. The van der Waals surface area contributed by atoms with Crippen molar-refractivity contribution < 1.29 is 9.59 Å². The van der Waals surface area contributed by atoms with Gasteiger partial charge in [-0.1, -0.05) is 29.8 Å². The van der Waals surface area contributed by atoms with Crippen molar-refractivity contribution in [1.29, 1.82) is 0 Å². The number of rotatable bonds is 6. The van der Waals surface area contributed by atoms with E-state index in [1.165, 1.54) is 6.20 Å². The largest absolute Gasteiger partial charge is 0.323 e. The molecule has 10 nitrogen and oxygen atoms in total. The van der Waals surface area contributed by atoms with E-state index in [9.17, 15) is 9.59 Å². The van der Waals surface area contributed by atoms with Crippen LogP contribution in [0.3, 0.4) is 0 Å². The van der Waals surface area contributed by atoms with E-state index in [0.717, 1.165) is 13.1 Å². The van der Waals surface area contributed by atoms with Crippen molar-refractivity contribution in [2.45, 2.75) is 6.04 Å². The molecule has 0 saturated carbocycles. The lowest BCUT2D eigenvalue weighted by molar-refractivity contribution is 0.102. The number of halogens is 1. The van der Waals surface area contributed by atoms with E-state index in [4.69, 9.17) is 11.6 Å². The van der Waals surface area contributed by atoms with Crippen LogP contribution in [0, 0.1) is 0 Å². The molecule has 3 heterocycles. The molecular weight excluding hydrogens is 456 g/mol. The topological polar surface area (TPSA) is 118 Å². The van der Waals surface area contributed by atoms with Gasteiger partial charge in [0.2, 0.25) is 0 Å². The van der Waals surface area contributed by atoms with Gasteiger partial charge in [0, 0.05) is 24.8 Å². The summed E-state index contributed by atoms with van der Waals surface area (Å²) in [6.45, 7) is 1.75. The van der Waals surface area contributed by atoms with Crippen LogP contribution in [0.1, 0.15) is 16.4 Å². The highest BCUT2D eigenvalue weighted by Gasteiger charge is 2.20. The fraction of sp³-hybridized carbons (Fsp3) is 0.130. The second-order valence-electron chi connectivity index (χ2n) is 7.76. The van der Waals surface area contributed by atoms with Gasteiger partial charge in [0.25, 0.3) is 5.91 Å². The summed E-state index contributed by atoms with van der Waals surface area (Å²) >= 11 is 6.07. The molecule has 0 bridgehead atoms. The maximum atomic E-state index is 12.7. The SMILES string of the molecule is O=C(Nc1cnn(-c2cccc(C(=O)Nc3cnn(C4CNC4)c3)c2)c1)Nc1ccccc1Cl. The molecule has 0 spiro atoms. The van der Waals surface area contributed by atoms with E-state index in [1.807, 2.05) is 16.9 Å². The van der Waals surface area contributed by atoms with Gasteiger partial charge < -0.3 is 21.3 Å². The quantitative estimate of drug-likeness (QED) is 0.338. The Morgan fingerprint density at radius 3 is 2.53 bits per heavy atom. The maximum Gasteiger partial charge on any atom is 0.323 e. The van der Waals surface area contributed by atoms with Crippen molar-refractivity contribution in [2.75, 3.05) is 29.0 Å². The normalized spacial score (nSPS) is 13.2. The zero-order valence-electron chi connectivity index (χ0n) is 17.9. The molecular formula is C23H21ClN8O2. The second kappa shape index (κ2) is 9.38. The fourth-order valence-corrected chi connectivity index (χ4v) is 3.61. The Balaban J connectivity index is 1.23. The Kier molecular flexibility index (Phi) is 5.98. The average Bonchev–Trinajstić information content (AvgIpc) is 3.44. The number of urea groups is 1. The van der Waals surface area contributed by atoms with Crippen LogP contribution in [0.5, 0.6) is 0 Å². The molecule has 5 rings (SSSR count). The van der Waals surface area contributed by atoms with Gasteiger partial charge >= 0.3 is 6.03 Å². The molecule has 0 radical (unpaired) electrons. The van der Waals surface area contributed by atoms with Crippen molar-refractivity contribution in [1.82, 2.24) is 24.9 Å². The Labute approximate surface area is 199 Å². The Bertz CT molecular complexity index is 1340. The molecule has 1 fully saturated rings. The minimum absolute atomic E-state index is 0.252. The molecule has 172 valence electrons. The number of carbonyl (C=O) groups is 2. The van der Waals surface area contributed by atoms with Gasteiger partial charge in [0.15, 0.2) is 0 Å². The van der Waals surface area contributed by atoms with Gasteiger partial charge in [-0.05, 0) is 30.3 Å². The third kappa shape index (κ3) is 4.77. The van der Waals surface area contributed by atoms with Crippen molar-refractivity contribution in [3.05, 3.63) is 83.9 Å². The van der Waals surface area contributed by atoms with Gasteiger partial charge in [-0.15, -0.1) is 0 Å². The minimum atomic E-state index is -0.445. The van der Waals surface area contributed by atoms with E-state index in [-0.39, 0.29) is 5.91 Å².